The van der Waals surface area contributed by atoms with E-state index >= 15 is 0 Å². The molecule has 1 N–H and O–H groups in total. The normalized spacial score (nSPS) is 14.9. The van der Waals surface area contributed by atoms with Crippen molar-refractivity contribution in [1.29, 1.82) is 5.26 Å². The molecule has 3 aromatic rings. The Hall–Kier alpha value is -2.83. The van der Waals surface area contributed by atoms with Crippen LogP contribution in [0, 0.1) is 17.2 Å². The predicted molar refractivity (Wildman–Crippen MR) is 141 cm³/mol. The van der Waals surface area contributed by atoms with Gasteiger partial charge < -0.3 is 14.6 Å². The molecule has 0 spiro atoms. The molecule has 1 atom stereocenters. The fourth-order valence-corrected chi connectivity index (χ4v) is 6.36. The molecule has 1 aliphatic rings. The summed E-state index contributed by atoms with van der Waals surface area (Å²) in [6.45, 7) is 7.82. The molecule has 2 aromatic heterocycles. The molecule has 4 rings (SSSR count). The number of benzene rings is 1. The van der Waals surface area contributed by atoms with E-state index in [1.54, 1.807) is 11.3 Å². The Kier molecular flexibility index (Phi) is 8.47. The molecule has 1 amide bonds. The number of ether oxygens (including phenoxy) is 1. The number of unbranched alkanes of at least 4 members (excludes halogenated alkanes) is 1. The first-order valence-corrected chi connectivity index (χ1v) is 14.0. The van der Waals surface area contributed by atoms with E-state index < -0.39 is 0 Å². The van der Waals surface area contributed by atoms with Gasteiger partial charge in [0.25, 0.3) is 0 Å². The van der Waals surface area contributed by atoms with Crippen molar-refractivity contribution in [3.8, 4) is 23.2 Å². The fourth-order valence-electron chi connectivity index (χ4n) is 4.18. The van der Waals surface area contributed by atoms with Crippen molar-refractivity contribution in [3.63, 3.8) is 0 Å². The van der Waals surface area contributed by atoms with E-state index in [9.17, 15) is 10.1 Å². The van der Waals surface area contributed by atoms with Crippen LogP contribution in [0.15, 0.2) is 29.4 Å². The van der Waals surface area contributed by atoms with Crippen LogP contribution < -0.4 is 10.1 Å². The molecule has 7 nitrogen and oxygen atoms in total. The number of fused-ring (bicyclic) bond motifs is 1. The summed E-state index contributed by atoms with van der Waals surface area (Å²) in [5.41, 5.74) is 2.71. The number of rotatable bonds is 10. The summed E-state index contributed by atoms with van der Waals surface area (Å²) in [5, 5.41) is 22.7. The van der Waals surface area contributed by atoms with Gasteiger partial charge in [0.15, 0.2) is 11.0 Å². The molecular weight excluding hydrogens is 478 g/mol. The number of aromatic nitrogens is 3. The molecule has 0 saturated heterocycles. The van der Waals surface area contributed by atoms with Gasteiger partial charge in [0, 0.05) is 17.0 Å². The van der Waals surface area contributed by atoms with Gasteiger partial charge in [-0.3, -0.25) is 4.79 Å². The molecule has 1 aromatic carbocycles. The lowest BCUT2D eigenvalue weighted by Gasteiger charge is -2.17. The highest BCUT2D eigenvalue weighted by atomic mass is 32.2. The Morgan fingerprint density at radius 1 is 1.31 bits per heavy atom. The maximum atomic E-state index is 12.7. The van der Waals surface area contributed by atoms with Crippen molar-refractivity contribution in [3.05, 3.63) is 40.3 Å². The van der Waals surface area contributed by atoms with Crippen LogP contribution in [0.5, 0.6) is 5.75 Å². The van der Waals surface area contributed by atoms with Crippen molar-refractivity contribution in [2.24, 2.45) is 5.92 Å². The molecule has 0 aliphatic heterocycles. The van der Waals surface area contributed by atoms with Crippen LogP contribution >= 0.6 is 23.1 Å². The van der Waals surface area contributed by atoms with Crippen LogP contribution in [0.25, 0.3) is 11.4 Å². The first-order chi connectivity index (χ1) is 17.0. The largest absolute Gasteiger partial charge is 0.494 e. The van der Waals surface area contributed by atoms with E-state index in [4.69, 9.17) is 4.74 Å². The SMILES string of the molecule is CCCCOc1ccc(-c2nnc(SCC(=O)Nc3sc4c(c3C#N)CCC(C)C4)n2CC)cc1. The fraction of sp³-hybridized carbons (Fsp3) is 0.462. The molecule has 0 bridgehead atoms. The second-order valence-corrected chi connectivity index (χ2v) is 10.8. The van der Waals surface area contributed by atoms with Gasteiger partial charge >= 0.3 is 0 Å². The summed E-state index contributed by atoms with van der Waals surface area (Å²) in [6, 6.07) is 10.2. The van der Waals surface area contributed by atoms with E-state index in [0.29, 0.717) is 34.8 Å². The molecule has 0 radical (unpaired) electrons. The highest BCUT2D eigenvalue weighted by Gasteiger charge is 2.25. The van der Waals surface area contributed by atoms with Crippen LogP contribution in [0.3, 0.4) is 0 Å². The van der Waals surface area contributed by atoms with Crippen molar-refractivity contribution >= 4 is 34.0 Å². The Bertz CT molecular complexity index is 1210. The van der Waals surface area contributed by atoms with Gasteiger partial charge in [-0.25, -0.2) is 0 Å². The highest BCUT2D eigenvalue weighted by molar-refractivity contribution is 7.99. The molecular formula is C26H31N5O2S2. The number of carbonyl (C=O) groups excluding carboxylic acids is 1. The minimum atomic E-state index is -0.140. The monoisotopic (exact) mass is 509 g/mol. The van der Waals surface area contributed by atoms with Gasteiger partial charge in [-0.2, -0.15) is 5.26 Å². The summed E-state index contributed by atoms with van der Waals surface area (Å²) in [7, 11) is 0. The minimum absolute atomic E-state index is 0.140. The highest BCUT2D eigenvalue weighted by Crippen LogP contribution is 2.39. The number of nitriles is 1. The predicted octanol–water partition coefficient (Wildman–Crippen LogP) is 5.93. The maximum Gasteiger partial charge on any atom is 0.235 e. The van der Waals surface area contributed by atoms with Crippen LogP contribution in [0.4, 0.5) is 5.00 Å². The second-order valence-electron chi connectivity index (χ2n) is 8.78. The van der Waals surface area contributed by atoms with Gasteiger partial charge in [-0.05, 0) is 68.4 Å². The number of thioether (sulfide) groups is 1. The Labute approximate surface area is 214 Å². The molecule has 184 valence electrons. The van der Waals surface area contributed by atoms with Crippen molar-refractivity contribution < 1.29 is 9.53 Å². The first kappa shape index (κ1) is 25.3. The summed E-state index contributed by atoms with van der Waals surface area (Å²) >= 11 is 2.90. The second kappa shape index (κ2) is 11.7. The zero-order valence-electron chi connectivity index (χ0n) is 20.5. The van der Waals surface area contributed by atoms with Crippen LogP contribution in [-0.4, -0.2) is 33.0 Å². The van der Waals surface area contributed by atoms with Crippen molar-refractivity contribution in [2.45, 2.75) is 64.6 Å². The van der Waals surface area contributed by atoms with E-state index in [-0.39, 0.29) is 11.7 Å². The third-order valence-corrected chi connectivity index (χ3v) is 8.26. The average Bonchev–Trinajstić information content (AvgIpc) is 3.43. The average molecular weight is 510 g/mol. The van der Waals surface area contributed by atoms with E-state index in [0.717, 1.165) is 54.8 Å². The molecule has 0 saturated carbocycles. The summed E-state index contributed by atoms with van der Waals surface area (Å²) in [5.74, 6) is 2.29. The number of thiophene rings is 1. The summed E-state index contributed by atoms with van der Waals surface area (Å²) < 4.78 is 7.76. The standard InChI is InChI=1S/C26H31N5O2S2/c1-4-6-13-33-19-10-8-18(9-11-19)24-29-30-26(31(24)5-2)34-16-23(32)28-25-21(15-27)20-12-7-17(3)14-22(20)35-25/h8-11,17H,4-7,12-14,16H2,1-3H3,(H,28,32). The zero-order valence-corrected chi connectivity index (χ0v) is 22.1. The van der Waals surface area contributed by atoms with Crippen molar-refractivity contribution in [1.82, 2.24) is 14.8 Å². The third-order valence-electron chi connectivity index (χ3n) is 6.12. The van der Waals surface area contributed by atoms with Gasteiger partial charge in [-0.15, -0.1) is 21.5 Å². The van der Waals surface area contributed by atoms with E-state index in [2.05, 4.69) is 35.4 Å². The smallest absolute Gasteiger partial charge is 0.235 e. The molecule has 2 heterocycles. The zero-order chi connectivity index (χ0) is 24.8. The number of hydrogen-bond acceptors (Lipinski definition) is 7. The lowest BCUT2D eigenvalue weighted by molar-refractivity contribution is -0.113. The lowest BCUT2D eigenvalue weighted by Crippen LogP contribution is -2.14. The van der Waals surface area contributed by atoms with Gasteiger partial charge in [-0.1, -0.05) is 32.0 Å². The first-order valence-electron chi connectivity index (χ1n) is 12.2. The number of anilines is 1. The molecule has 9 heteroatoms. The molecule has 0 fully saturated rings. The number of amides is 1. The van der Waals surface area contributed by atoms with Crippen LogP contribution in [0.1, 0.15) is 56.0 Å². The lowest BCUT2D eigenvalue weighted by atomic mass is 9.89. The van der Waals surface area contributed by atoms with Gasteiger partial charge in [0.1, 0.15) is 16.8 Å². The van der Waals surface area contributed by atoms with Gasteiger partial charge in [0.2, 0.25) is 5.91 Å². The minimum Gasteiger partial charge on any atom is -0.494 e. The van der Waals surface area contributed by atoms with E-state index in [1.165, 1.54) is 16.6 Å². The van der Waals surface area contributed by atoms with E-state index in [1.807, 2.05) is 35.8 Å². The molecule has 1 aliphatic carbocycles. The topological polar surface area (TPSA) is 92.8 Å². The Morgan fingerprint density at radius 2 is 2.11 bits per heavy atom. The number of hydrogen-bond donors (Lipinski definition) is 1. The Balaban J connectivity index is 1.40. The van der Waals surface area contributed by atoms with Crippen LogP contribution in [0.2, 0.25) is 0 Å². The summed E-state index contributed by atoms with van der Waals surface area (Å²) in [6.07, 6.45) is 5.11. The maximum absolute atomic E-state index is 12.7. The number of nitrogens with one attached hydrogen (secondary N) is 1. The quantitative estimate of drug-likeness (QED) is 0.269. The third kappa shape index (κ3) is 5.88. The molecule has 35 heavy (non-hydrogen) atoms. The number of nitrogens with zero attached hydrogens (tertiary/aromatic N) is 4. The Morgan fingerprint density at radius 3 is 2.83 bits per heavy atom. The van der Waals surface area contributed by atoms with Gasteiger partial charge in [0.05, 0.1) is 17.9 Å². The van der Waals surface area contributed by atoms with Crippen LogP contribution in [-0.2, 0) is 24.2 Å². The molecule has 1 unspecified atom stereocenters. The number of carbonyl (C=O) groups is 1. The summed E-state index contributed by atoms with van der Waals surface area (Å²) in [4.78, 5) is 14.0. The van der Waals surface area contributed by atoms with Crippen molar-refractivity contribution in [2.75, 3.05) is 17.7 Å².